The van der Waals surface area contributed by atoms with Gasteiger partial charge in [-0.15, -0.1) is 0 Å². The Morgan fingerprint density at radius 1 is 1.54 bits per heavy atom. The minimum atomic E-state index is -0.686. The molecule has 0 radical (unpaired) electrons. The molecule has 2 N–H and O–H groups in total. The minimum absolute atomic E-state index is 0.0444. The molecule has 13 heavy (non-hydrogen) atoms. The molecular formula is C9H18BrNO2. The van der Waals surface area contributed by atoms with Gasteiger partial charge in [-0.3, -0.25) is 0 Å². The van der Waals surface area contributed by atoms with Crippen LogP contribution < -0.4 is 5.73 Å². The second kappa shape index (κ2) is 5.47. The third-order valence-corrected chi connectivity index (χ3v) is 2.39. The van der Waals surface area contributed by atoms with Gasteiger partial charge in [0.2, 0.25) is 0 Å². The van der Waals surface area contributed by atoms with Crippen LogP contribution in [-0.4, -0.2) is 17.5 Å². The van der Waals surface area contributed by atoms with E-state index in [1.807, 2.05) is 20.8 Å². The van der Waals surface area contributed by atoms with Crippen molar-refractivity contribution in [1.29, 1.82) is 0 Å². The Balaban J connectivity index is 4.11. The highest BCUT2D eigenvalue weighted by Crippen LogP contribution is 2.26. The van der Waals surface area contributed by atoms with Crippen molar-refractivity contribution in [3.05, 3.63) is 0 Å². The van der Waals surface area contributed by atoms with Crippen molar-refractivity contribution in [1.82, 2.24) is 0 Å². The first kappa shape index (κ1) is 12.8. The number of alkyl halides is 1. The first-order valence-corrected chi connectivity index (χ1v) is 5.52. The van der Waals surface area contributed by atoms with Crippen molar-refractivity contribution in [2.45, 2.75) is 39.7 Å². The quantitative estimate of drug-likeness (QED) is 0.782. The van der Waals surface area contributed by atoms with Crippen molar-refractivity contribution in [3.8, 4) is 0 Å². The van der Waals surface area contributed by atoms with Crippen LogP contribution in [0.4, 0.5) is 4.79 Å². The molecule has 4 heteroatoms. The van der Waals surface area contributed by atoms with E-state index in [-0.39, 0.29) is 11.5 Å². The Labute approximate surface area is 88.1 Å². The molecule has 0 fully saturated rings. The molecular weight excluding hydrogens is 234 g/mol. The predicted octanol–water partition coefficient (Wildman–Crippen LogP) is 2.67. The smallest absolute Gasteiger partial charge is 0.404 e. The molecule has 0 aliphatic rings. The summed E-state index contributed by atoms with van der Waals surface area (Å²) >= 11 is 3.34. The molecule has 0 rings (SSSR count). The number of halogens is 1. The van der Waals surface area contributed by atoms with Crippen LogP contribution in [0.1, 0.15) is 33.6 Å². The maximum absolute atomic E-state index is 10.6. The van der Waals surface area contributed by atoms with Crippen molar-refractivity contribution in [3.63, 3.8) is 0 Å². The molecule has 0 aliphatic carbocycles. The first-order chi connectivity index (χ1) is 5.88. The second-order valence-corrected chi connectivity index (χ2v) is 4.92. The lowest BCUT2D eigenvalue weighted by molar-refractivity contribution is 0.0312. The second-order valence-electron chi connectivity index (χ2n) is 4.12. The summed E-state index contributed by atoms with van der Waals surface area (Å²) in [7, 11) is 0. The number of carbonyl (C=O) groups is 1. The van der Waals surface area contributed by atoms with Crippen LogP contribution in [0.5, 0.6) is 0 Å². The largest absolute Gasteiger partial charge is 0.446 e. The van der Waals surface area contributed by atoms with Crippen LogP contribution in [0, 0.1) is 5.41 Å². The molecule has 3 nitrogen and oxygen atoms in total. The highest BCUT2D eigenvalue weighted by atomic mass is 79.9. The predicted molar refractivity (Wildman–Crippen MR) is 56.9 cm³/mol. The fourth-order valence-electron chi connectivity index (χ4n) is 1.07. The standard InChI is InChI=1S/C9H18BrNO2/c1-9(2,3)7(5-4-6-10)13-8(11)12/h7H,4-6H2,1-3H3,(H2,11,12). The molecule has 0 bridgehead atoms. The Bertz CT molecular complexity index is 165. The van der Waals surface area contributed by atoms with Gasteiger partial charge in [0.15, 0.2) is 0 Å². The van der Waals surface area contributed by atoms with Crippen LogP contribution in [0.25, 0.3) is 0 Å². The van der Waals surface area contributed by atoms with Gasteiger partial charge in [-0.25, -0.2) is 4.79 Å². The lowest BCUT2D eigenvalue weighted by atomic mass is 9.86. The number of carbonyl (C=O) groups excluding carboxylic acids is 1. The fourth-order valence-corrected chi connectivity index (χ4v) is 1.40. The van der Waals surface area contributed by atoms with Crippen LogP contribution in [-0.2, 0) is 4.74 Å². The van der Waals surface area contributed by atoms with Crippen LogP contribution in [0.15, 0.2) is 0 Å². The van der Waals surface area contributed by atoms with E-state index >= 15 is 0 Å². The number of nitrogens with two attached hydrogens (primary N) is 1. The van der Waals surface area contributed by atoms with Crippen LogP contribution in [0.2, 0.25) is 0 Å². The van der Waals surface area contributed by atoms with Crippen molar-refractivity contribution < 1.29 is 9.53 Å². The Morgan fingerprint density at radius 2 is 2.08 bits per heavy atom. The van der Waals surface area contributed by atoms with Crippen molar-refractivity contribution >= 4 is 22.0 Å². The number of hydrogen-bond acceptors (Lipinski definition) is 2. The van der Waals surface area contributed by atoms with E-state index in [1.165, 1.54) is 0 Å². The summed E-state index contributed by atoms with van der Waals surface area (Å²) in [5.74, 6) is 0. The lowest BCUT2D eigenvalue weighted by Gasteiger charge is -2.29. The minimum Gasteiger partial charge on any atom is -0.446 e. The number of amides is 1. The van der Waals surface area contributed by atoms with E-state index < -0.39 is 6.09 Å². The van der Waals surface area contributed by atoms with Crippen molar-refractivity contribution in [2.75, 3.05) is 5.33 Å². The van der Waals surface area contributed by atoms with Gasteiger partial charge in [-0.2, -0.15) is 0 Å². The summed E-state index contributed by atoms with van der Waals surface area (Å²) in [6.07, 6.45) is 1.05. The number of rotatable bonds is 4. The molecule has 0 aromatic carbocycles. The average molecular weight is 252 g/mol. The Hall–Kier alpha value is -0.250. The summed E-state index contributed by atoms with van der Waals surface area (Å²) < 4.78 is 5.03. The summed E-state index contributed by atoms with van der Waals surface area (Å²) in [5, 5.41) is 0.918. The van der Waals surface area contributed by atoms with Gasteiger partial charge < -0.3 is 10.5 Å². The third-order valence-electron chi connectivity index (χ3n) is 1.82. The van der Waals surface area contributed by atoms with E-state index in [4.69, 9.17) is 10.5 Å². The van der Waals surface area contributed by atoms with E-state index in [9.17, 15) is 4.79 Å². The highest BCUT2D eigenvalue weighted by Gasteiger charge is 2.26. The molecule has 0 heterocycles. The van der Waals surface area contributed by atoms with Crippen molar-refractivity contribution in [2.24, 2.45) is 11.1 Å². The molecule has 0 aromatic heterocycles. The maximum Gasteiger partial charge on any atom is 0.404 e. The van der Waals surface area contributed by atoms with E-state index in [2.05, 4.69) is 15.9 Å². The molecule has 0 aliphatic heterocycles. The number of primary amides is 1. The number of hydrogen-bond donors (Lipinski definition) is 1. The molecule has 0 spiro atoms. The zero-order valence-corrected chi connectivity index (χ0v) is 10.1. The van der Waals surface area contributed by atoms with Gasteiger partial charge in [-0.05, 0) is 18.3 Å². The SMILES string of the molecule is CC(C)(C)C(CCCBr)OC(N)=O. The van der Waals surface area contributed by atoms with Gasteiger partial charge in [0.1, 0.15) is 6.10 Å². The van der Waals surface area contributed by atoms with E-state index in [1.54, 1.807) is 0 Å². The maximum atomic E-state index is 10.6. The van der Waals surface area contributed by atoms with Gasteiger partial charge in [0.05, 0.1) is 0 Å². The molecule has 1 unspecified atom stereocenters. The summed E-state index contributed by atoms with van der Waals surface area (Å²) in [5.41, 5.74) is 4.94. The summed E-state index contributed by atoms with van der Waals surface area (Å²) in [6.45, 7) is 6.11. The van der Waals surface area contributed by atoms with E-state index in [0.717, 1.165) is 18.2 Å². The zero-order chi connectivity index (χ0) is 10.5. The topological polar surface area (TPSA) is 52.3 Å². The molecule has 0 saturated heterocycles. The summed E-state index contributed by atoms with van der Waals surface area (Å²) in [6, 6.07) is 0. The molecule has 0 aromatic rings. The average Bonchev–Trinajstić information content (AvgIpc) is 1.95. The lowest BCUT2D eigenvalue weighted by Crippen LogP contribution is -2.33. The van der Waals surface area contributed by atoms with Gasteiger partial charge in [0.25, 0.3) is 0 Å². The monoisotopic (exact) mass is 251 g/mol. The van der Waals surface area contributed by atoms with Gasteiger partial charge in [-0.1, -0.05) is 36.7 Å². The normalized spacial score (nSPS) is 13.8. The molecule has 78 valence electrons. The molecule has 1 amide bonds. The molecule has 1 atom stereocenters. The fraction of sp³-hybridized carbons (Fsp3) is 0.889. The Morgan fingerprint density at radius 3 is 2.38 bits per heavy atom. The van der Waals surface area contributed by atoms with Crippen LogP contribution >= 0.6 is 15.9 Å². The zero-order valence-electron chi connectivity index (χ0n) is 8.47. The van der Waals surface area contributed by atoms with Gasteiger partial charge in [0, 0.05) is 5.33 Å². The van der Waals surface area contributed by atoms with Gasteiger partial charge >= 0.3 is 6.09 Å². The summed E-state index contributed by atoms with van der Waals surface area (Å²) in [4.78, 5) is 10.6. The number of ether oxygens (including phenoxy) is 1. The molecule has 0 saturated carbocycles. The highest BCUT2D eigenvalue weighted by molar-refractivity contribution is 9.09. The third kappa shape index (κ3) is 5.91. The first-order valence-electron chi connectivity index (χ1n) is 4.40. The van der Waals surface area contributed by atoms with E-state index in [0.29, 0.717) is 0 Å². The van der Waals surface area contributed by atoms with Crippen LogP contribution in [0.3, 0.4) is 0 Å². The Kier molecular flexibility index (Phi) is 5.37.